The maximum absolute atomic E-state index is 0. The van der Waals surface area contributed by atoms with Gasteiger partial charge in [-0.05, 0) is 0 Å². The van der Waals surface area contributed by atoms with E-state index in [-0.39, 0.29) is 60.2 Å². The molecule has 0 aliphatic rings. The third-order valence-electron chi connectivity index (χ3n) is 0. The van der Waals surface area contributed by atoms with Crippen molar-refractivity contribution in [3.05, 3.63) is 0 Å². The van der Waals surface area contributed by atoms with Gasteiger partial charge in [0.25, 0.3) is 0 Å². The van der Waals surface area contributed by atoms with Gasteiger partial charge in [-0.25, -0.2) is 0 Å². The zero-order valence-corrected chi connectivity index (χ0v) is 5.48. The van der Waals surface area contributed by atoms with Crippen LogP contribution in [0.2, 0.25) is 0 Å². The maximum atomic E-state index is 0. The Morgan fingerprint density at radius 1 is 1.00 bits per heavy atom. The van der Waals surface area contributed by atoms with Crippen molar-refractivity contribution < 1.29 is 50.3 Å². The van der Waals surface area contributed by atoms with E-state index in [0.29, 0.717) is 0 Å². The van der Waals surface area contributed by atoms with Crippen LogP contribution in [0.15, 0.2) is 0 Å². The predicted molar refractivity (Wildman–Crippen MR) is 6.92 cm³/mol. The number of rotatable bonds is 0. The van der Waals surface area contributed by atoms with Crippen molar-refractivity contribution in [3.63, 3.8) is 0 Å². The summed E-state index contributed by atoms with van der Waals surface area (Å²) in [7, 11) is 0. The Morgan fingerprint density at radius 3 is 1.00 bits per heavy atom. The minimum atomic E-state index is 0. The molecular formula is CoFeNiP. The second-order valence-electron chi connectivity index (χ2n) is 0. The van der Waals surface area contributed by atoms with E-state index >= 15 is 0 Å². The summed E-state index contributed by atoms with van der Waals surface area (Å²) >= 11 is 0. The van der Waals surface area contributed by atoms with E-state index in [0.717, 1.165) is 0 Å². The SMILES string of the molecule is [Co].[Fe+3].[Ni].[P-3]. The van der Waals surface area contributed by atoms with E-state index in [4.69, 9.17) is 0 Å². The summed E-state index contributed by atoms with van der Waals surface area (Å²) < 4.78 is 0. The van der Waals surface area contributed by atoms with Crippen LogP contribution < -0.4 is 0 Å². The monoisotopic (exact) mass is 204 g/mol. The molecule has 32 valence electrons. The van der Waals surface area contributed by atoms with Crippen LogP contribution >= 0.6 is 9.90 Å². The first kappa shape index (κ1) is 38.3. The van der Waals surface area contributed by atoms with Crippen molar-refractivity contribution in [1.82, 2.24) is 0 Å². The molecule has 0 unspecified atom stereocenters. The van der Waals surface area contributed by atoms with Gasteiger partial charge in [-0.15, -0.1) is 0 Å². The van der Waals surface area contributed by atoms with E-state index in [1.165, 1.54) is 0 Å². The number of hydrogen-bond acceptors (Lipinski definition) is 0. The Morgan fingerprint density at radius 2 is 1.00 bits per heavy atom. The van der Waals surface area contributed by atoms with Crippen molar-refractivity contribution in [3.8, 4) is 0 Å². The molecule has 0 atom stereocenters. The van der Waals surface area contributed by atoms with Crippen LogP contribution in [0.5, 0.6) is 0 Å². The minimum Gasteiger partial charge on any atom is -3.00 e. The van der Waals surface area contributed by atoms with Crippen LogP contribution in [-0.2, 0) is 50.3 Å². The summed E-state index contributed by atoms with van der Waals surface area (Å²) in [5.74, 6) is 0. The van der Waals surface area contributed by atoms with Gasteiger partial charge in [0.05, 0.1) is 0 Å². The molecule has 0 aromatic rings. The Hall–Kier alpha value is 1.95. The van der Waals surface area contributed by atoms with Gasteiger partial charge in [0.15, 0.2) is 0 Å². The van der Waals surface area contributed by atoms with Gasteiger partial charge in [-0.1, -0.05) is 0 Å². The van der Waals surface area contributed by atoms with Crippen LogP contribution in [0.3, 0.4) is 0 Å². The van der Waals surface area contributed by atoms with Gasteiger partial charge in [0.1, 0.15) is 0 Å². The van der Waals surface area contributed by atoms with Crippen LogP contribution in [0.1, 0.15) is 0 Å². The topological polar surface area (TPSA) is 0 Å². The Balaban J connectivity index is 0. The Bertz CT molecular complexity index is 8.00. The molecule has 2 radical (unpaired) electrons. The summed E-state index contributed by atoms with van der Waals surface area (Å²) in [6.45, 7) is 0. The van der Waals surface area contributed by atoms with Crippen molar-refractivity contribution in [2.75, 3.05) is 0 Å². The average molecular weight is 204 g/mol. The first-order valence-corrected chi connectivity index (χ1v) is 0. The molecule has 0 rings (SSSR count). The average Bonchev–Trinajstić information content (AvgIpc) is 0. The second-order valence-corrected chi connectivity index (χ2v) is 0. The van der Waals surface area contributed by atoms with Crippen molar-refractivity contribution in [2.24, 2.45) is 0 Å². The summed E-state index contributed by atoms with van der Waals surface area (Å²) in [6, 6.07) is 0. The van der Waals surface area contributed by atoms with E-state index in [9.17, 15) is 0 Å². The quantitative estimate of drug-likeness (QED) is 0.405. The van der Waals surface area contributed by atoms with Crippen molar-refractivity contribution >= 4 is 9.90 Å². The molecular weight excluding hydrogens is 204 g/mol. The predicted octanol–water partition coefficient (Wildman–Crippen LogP) is 0.854. The molecule has 0 aromatic heterocycles. The van der Waals surface area contributed by atoms with E-state index in [1.807, 2.05) is 0 Å². The van der Waals surface area contributed by atoms with Gasteiger partial charge in [-0.3, -0.25) is 0 Å². The van der Waals surface area contributed by atoms with Crippen LogP contribution in [0, 0.1) is 0 Å². The Labute approximate surface area is 60.1 Å². The standard InChI is InChI=1S/Co.Fe.Ni.P/q;+3;;-3. The molecule has 4 heteroatoms. The molecule has 0 spiro atoms. The fourth-order valence-corrected chi connectivity index (χ4v) is 0. The summed E-state index contributed by atoms with van der Waals surface area (Å²) in [5.41, 5.74) is 0. The molecule has 0 N–H and O–H groups in total. The third kappa shape index (κ3) is 9.04. The smallest absolute Gasteiger partial charge is 3.00 e. The fraction of sp³-hybridized carbons (Fsp3) is 0. The molecule has 0 saturated carbocycles. The van der Waals surface area contributed by atoms with E-state index in [1.54, 1.807) is 0 Å². The normalized spacial score (nSPS) is 0. The minimum absolute atomic E-state index is 0. The molecule has 4 heavy (non-hydrogen) atoms. The van der Waals surface area contributed by atoms with Gasteiger partial charge < -0.3 is 9.90 Å². The van der Waals surface area contributed by atoms with E-state index in [2.05, 4.69) is 0 Å². The summed E-state index contributed by atoms with van der Waals surface area (Å²) in [6.07, 6.45) is 0. The van der Waals surface area contributed by atoms with E-state index < -0.39 is 0 Å². The zero-order valence-electron chi connectivity index (χ0n) is 1.45. The summed E-state index contributed by atoms with van der Waals surface area (Å²) in [4.78, 5) is 0. The molecule has 0 aliphatic carbocycles. The molecule has 0 fully saturated rings. The molecule has 0 saturated heterocycles. The summed E-state index contributed by atoms with van der Waals surface area (Å²) in [5, 5.41) is 0. The first-order valence-electron chi connectivity index (χ1n) is 0. The molecule has 0 amide bonds. The zero-order chi connectivity index (χ0) is 0. The van der Waals surface area contributed by atoms with Crippen LogP contribution in [0.4, 0.5) is 0 Å². The Kier molecular flexibility index (Phi) is 195. The van der Waals surface area contributed by atoms with Gasteiger partial charge in [-0.2, -0.15) is 0 Å². The molecule has 0 heterocycles. The number of hydrogen-bond donors (Lipinski definition) is 0. The first-order chi connectivity index (χ1) is 0. The molecule has 0 aromatic carbocycles. The van der Waals surface area contributed by atoms with Crippen LogP contribution in [-0.4, -0.2) is 0 Å². The van der Waals surface area contributed by atoms with Gasteiger partial charge >= 0.3 is 17.1 Å². The van der Waals surface area contributed by atoms with Crippen molar-refractivity contribution in [2.45, 2.75) is 0 Å². The van der Waals surface area contributed by atoms with Gasteiger partial charge in [0, 0.05) is 33.3 Å². The second kappa shape index (κ2) is 20.3. The van der Waals surface area contributed by atoms with Gasteiger partial charge in [0.2, 0.25) is 0 Å². The third-order valence-corrected chi connectivity index (χ3v) is 0. The molecule has 0 nitrogen and oxygen atoms in total. The molecule has 0 aliphatic heterocycles. The van der Waals surface area contributed by atoms with Crippen molar-refractivity contribution in [1.29, 1.82) is 0 Å². The fourth-order valence-electron chi connectivity index (χ4n) is 0. The maximum Gasteiger partial charge on any atom is 3.00 e. The largest absolute Gasteiger partial charge is 3.00 e. The van der Waals surface area contributed by atoms with Crippen LogP contribution in [0.25, 0.3) is 0 Å². The molecule has 0 bridgehead atoms.